The third kappa shape index (κ3) is 5.85. The van der Waals surface area contributed by atoms with Crippen molar-refractivity contribution in [1.82, 2.24) is 5.32 Å². The van der Waals surface area contributed by atoms with Crippen LogP contribution in [-0.2, 0) is 0 Å². The lowest BCUT2D eigenvalue weighted by Gasteiger charge is -2.26. The van der Waals surface area contributed by atoms with Gasteiger partial charge in [-0.25, -0.2) is 0 Å². The predicted molar refractivity (Wildman–Crippen MR) is 84.5 cm³/mol. The lowest BCUT2D eigenvalue weighted by molar-refractivity contribution is 0.329. The van der Waals surface area contributed by atoms with Gasteiger partial charge in [-0.15, -0.1) is 0 Å². The number of hydrogen-bond acceptors (Lipinski definition) is 1. The molecule has 0 aromatic heterocycles. The van der Waals surface area contributed by atoms with Crippen LogP contribution in [0.15, 0.2) is 0 Å². The smallest absolute Gasteiger partial charge is 0.00952 e. The Hall–Kier alpha value is -0.0400. The van der Waals surface area contributed by atoms with E-state index in [2.05, 4.69) is 12.2 Å². The molecule has 0 saturated heterocycles. The highest BCUT2D eigenvalue weighted by Gasteiger charge is 2.25. The summed E-state index contributed by atoms with van der Waals surface area (Å²) in [6, 6.07) is 1.66. The average molecular weight is 265 g/mol. The molecule has 0 spiro atoms. The summed E-state index contributed by atoms with van der Waals surface area (Å²) in [5.74, 6) is 0.918. The van der Waals surface area contributed by atoms with E-state index in [-0.39, 0.29) is 0 Å². The summed E-state index contributed by atoms with van der Waals surface area (Å²) in [6.07, 6.45) is 20.5. The highest BCUT2D eigenvalue weighted by atomic mass is 15.0. The van der Waals surface area contributed by atoms with E-state index in [9.17, 15) is 0 Å². The molecule has 2 fully saturated rings. The van der Waals surface area contributed by atoms with E-state index in [1.54, 1.807) is 0 Å². The van der Waals surface area contributed by atoms with Gasteiger partial charge >= 0.3 is 0 Å². The van der Waals surface area contributed by atoms with Crippen molar-refractivity contribution >= 4 is 0 Å². The minimum absolute atomic E-state index is 0.824. The summed E-state index contributed by atoms with van der Waals surface area (Å²) in [4.78, 5) is 0. The van der Waals surface area contributed by atoms with Gasteiger partial charge in [0.25, 0.3) is 0 Å². The summed E-state index contributed by atoms with van der Waals surface area (Å²) >= 11 is 0. The van der Waals surface area contributed by atoms with Crippen LogP contribution in [0.3, 0.4) is 0 Å². The first-order valence-corrected chi connectivity index (χ1v) is 9.12. The minimum Gasteiger partial charge on any atom is -0.311 e. The van der Waals surface area contributed by atoms with Gasteiger partial charge in [-0.05, 0) is 31.6 Å². The molecule has 2 aliphatic rings. The molecule has 0 aromatic carbocycles. The molecule has 0 aliphatic heterocycles. The molecular formula is C18H35N. The monoisotopic (exact) mass is 265 g/mol. The summed E-state index contributed by atoms with van der Waals surface area (Å²) < 4.78 is 0. The maximum Gasteiger partial charge on any atom is 0.00952 e. The fraction of sp³-hybridized carbons (Fsp3) is 1.00. The Bertz CT molecular complexity index is 214. The Kier molecular flexibility index (Phi) is 7.27. The normalized spacial score (nSPS) is 32.7. The Labute approximate surface area is 120 Å². The molecular weight excluding hydrogens is 230 g/mol. The summed E-state index contributed by atoms with van der Waals surface area (Å²) in [6.45, 7) is 2.44. The van der Waals surface area contributed by atoms with Crippen molar-refractivity contribution in [3.63, 3.8) is 0 Å². The van der Waals surface area contributed by atoms with Gasteiger partial charge in [0.1, 0.15) is 0 Å². The van der Waals surface area contributed by atoms with E-state index in [0.29, 0.717) is 0 Å². The highest BCUT2D eigenvalue weighted by molar-refractivity contribution is 4.83. The van der Waals surface area contributed by atoms with E-state index >= 15 is 0 Å². The van der Waals surface area contributed by atoms with Gasteiger partial charge in [0, 0.05) is 12.1 Å². The molecule has 2 aliphatic carbocycles. The predicted octanol–water partition coefficient (Wildman–Crippen LogP) is 5.44. The van der Waals surface area contributed by atoms with Crippen LogP contribution >= 0.6 is 0 Å². The van der Waals surface area contributed by atoms with E-state index in [4.69, 9.17) is 0 Å². The van der Waals surface area contributed by atoms with Gasteiger partial charge in [-0.1, -0.05) is 71.1 Å². The molecule has 0 radical (unpaired) electrons. The molecule has 2 saturated carbocycles. The van der Waals surface area contributed by atoms with Gasteiger partial charge < -0.3 is 5.32 Å². The maximum atomic E-state index is 4.02. The van der Waals surface area contributed by atoms with Crippen LogP contribution < -0.4 is 5.32 Å². The van der Waals surface area contributed by atoms with Crippen LogP contribution in [0.5, 0.6) is 0 Å². The summed E-state index contributed by atoms with van der Waals surface area (Å²) in [5.41, 5.74) is 0. The third-order valence-corrected chi connectivity index (χ3v) is 5.42. The van der Waals surface area contributed by atoms with Crippen molar-refractivity contribution in [2.45, 2.75) is 109 Å². The first kappa shape index (κ1) is 15.4. The van der Waals surface area contributed by atoms with Gasteiger partial charge in [-0.2, -0.15) is 0 Å². The van der Waals surface area contributed by atoms with Crippen LogP contribution in [0.4, 0.5) is 0 Å². The first-order valence-electron chi connectivity index (χ1n) is 9.12. The van der Waals surface area contributed by atoms with E-state index in [0.717, 1.165) is 18.0 Å². The second-order valence-electron chi connectivity index (χ2n) is 7.14. The Balaban J connectivity index is 1.74. The Morgan fingerprint density at radius 2 is 1.11 bits per heavy atom. The summed E-state index contributed by atoms with van der Waals surface area (Å²) in [7, 11) is 0. The fourth-order valence-electron chi connectivity index (χ4n) is 4.03. The largest absolute Gasteiger partial charge is 0.311 e. The zero-order valence-electron chi connectivity index (χ0n) is 13.1. The van der Waals surface area contributed by atoms with Crippen LogP contribution in [-0.4, -0.2) is 12.1 Å². The highest BCUT2D eigenvalue weighted by Crippen LogP contribution is 2.26. The molecule has 1 heteroatoms. The SMILES string of the molecule is CC1CCCC1NC1CCCCCCCCCCC1. The van der Waals surface area contributed by atoms with Crippen molar-refractivity contribution in [2.75, 3.05) is 0 Å². The van der Waals surface area contributed by atoms with E-state index in [1.165, 1.54) is 89.9 Å². The summed E-state index contributed by atoms with van der Waals surface area (Å²) in [5, 5.41) is 4.02. The van der Waals surface area contributed by atoms with E-state index in [1.807, 2.05) is 0 Å². The Morgan fingerprint density at radius 3 is 1.58 bits per heavy atom. The lowest BCUT2D eigenvalue weighted by atomic mass is 9.96. The zero-order chi connectivity index (χ0) is 13.3. The third-order valence-electron chi connectivity index (χ3n) is 5.42. The molecule has 0 amide bonds. The second kappa shape index (κ2) is 9.00. The van der Waals surface area contributed by atoms with Gasteiger partial charge in [-0.3, -0.25) is 0 Å². The van der Waals surface area contributed by atoms with Crippen LogP contribution in [0.1, 0.15) is 96.8 Å². The molecule has 112 valence electrons. The molecule has 0 bridgehead atoms. The van der Waals surface area contributed by atoms with Gasteiger partial charge in [0.2, 0.25) is 0 Å². The van der Waals surface area contributed by atoms with Gasteiger partial charge in [0.15, 0.2) is 0 Å². The van der Waals surface area contributed by atoms with Crippen LogP contribution in [0, 0.1) is 5.92 Å². The quantitative estimate of drug-likeness (QED) is 0.701. The molecule has 2 unspecified atom stereocenters. The molecule has 0 heterocycles. The number of nitrogens with one attached hydrogen (secondary N) is 1. The topological polar surface area (TPSA) is 12.0 Å². The fourth-order valence-corrected chi connectivity index (χ4v) is 4.03. The molecule has 2 atom stereocenters. The standard InChI is InChI=1S/C18H35N/c1-16-12-11-15-18(16)19-17-13-9-7-5-3-2-4-6-8-10-14-17/h16-19H,2-15H2,1H3. The van der Waals surface area contributed by atoms with Crippen molar-refractivity contribution < 1.29 is 0 Å². The number of hydrogen-bond donors (Lipinski definition) is 1. The molecule has 19 heavy (non-hydrogen) atoms. The molecule has 2 rings (SSSR count). The van der Waals surface area contributed by atoms with Crippen LogP contribution in [0.2, 0.25) is 0 Å². The second-order valence-corrected chi connectivity index (χ2v) is 7.14. The number of rotatable bonds is 2. The molecule has 0 aromatic rings. The molecule has 1 nitrogen and oxygen atoms in total. The average Bonchev–Trinajstić information content (AvgIpc) is 2.78. The first-order chi connectivity index (χ1) is 9.36. The van der Waals surface area contributed by atoms with Crippen molar-refractivity contribution in [1.29, 1.82) is 0 Å². The van der Waals surface area contributed by atoms with Crippen molar-refractivity contribution in [2.24, 2.45) is 5.92 Å². The minimum atomic E-state index is 0.824. The van der Waals surface area contributed by atoms with Crippen LogP contribution in [0.25, 0.3) is 0 Å². The maximum absolute atomic E-state index is 4.02. The lowest BCUT2D eigenvalue weighted by Crippen LogP contribution is -2.39. The van der Waals surface area contributed by atoms with E-state index < -0.39 is 0 Å². The zero-order valence-corrected chi connectivity index (χ0v) is 13.1. The Morgan fingerprint density at radius 1 is 0.579 bits per heavy atom. The van der Waals surface area contributed by atoms with Crippen molar-refractivity contribution in [3.8, 4) is 0 Å². The molecule has 1 N–H and O–H groups in total. The van der Waals surface area contributed by atoms with Crippen molar-refractivity contribution in [3.05, 3.63) is 0 Å². The van der Waals surface area contributed by atoms with Gasteiger partial charge in [0.05, 0.1) is 0 Å².